The summed E-state index contributed by atoms with van der Waals surface area (Å²) in [7, 11) is 3.15. The van der Waals surface area contributed by atoms with Gasteiger partial charge in [0.2, 0.25) is 0 Å². The van der Waals surface area contributed by atoms with Crippen molar-refractivity contribution in [1.82, 2.24) is 0 Å². The molecule has 0 unspecified atom stereocenters. The number of carbonyl (C=O) groups is 1. The summed E-state index contributed by atoms with van der Waals surface area (Å²) in [5.41, 5.74) is 2.62. The first kappa shape index (κ1) is 30.1. The van der Waals surface area contributed by atoms with E-state index in [1.54, 1.807) is 31.4 Å². The van der Waals surface area contributed by atoms with E-state index in [0.29, 0.717) is 28.9 Å². The standard InChI is InChI=1S/C32H38F2O5/c1-7-9-21(17-29(35)36)23-10-8-11-28(30(23)34)39-19-20-12-14-24(25-18-22(37-5)13-15-27(25)33)26(16-20)31(38-6)32(2,3)4/h8,10-16,18,21,31H,7,9,17,19H2,1-6H3,(H,35,36)/t21-,31+/m0/s1. The second-order valence-corrected chi connectivity index (χ2v) is 10.8. The Hall–Kier alpha value is -3.45. The Morgan fingerprint density at radius 2 is 1.72 bits per heavy atom. The molecule has 3 aromatic rings. The zero-order valence-corrected chi connectivity index (χ0v) is 23.5. The molecule has 0 radical (unpaired) electrons. The van der Waals surface area contributed by atoms with Crippen LogP contribution in [-0.2, 0) is 16.1 Å². The van der Waals surface area contributed by atoms with Crippen molar-refractivity contribution in [1.29, 1.82) is 0 Å². The third kappa shape index (κ3) is 7.35. The third-order valence-electron chi connectivity index (χ3n) is 6.77. The molecule has 0 heterocycles. The van der Waals surface area contributed by atoms with Crippen molar-refractivity contribution in [3.05, 3.63) is 82.9 Å². The molecule has 0 amide bonds. The second kappa shape index (κ2) is 13.1. The Kier molecular flexibility index (Phi) is 10.1. The monoisotopic (exact) mass is 540 g/mol. The van der Waals surface area contributed by atoms with Gasteiger partial charge in [0.15, 0.2) is 11.6 Å². The third-order valence-corrected chi connectivity index (χ3v) is 6.77. The molecule has 3 aromatic carbocycles. The fraction of sp³-hybridized carbons (Fsp3) is 0.406. The number of methoxy groups -OCH3 is 2. The molecule has 0 aliphatic carbocycles. The fourth-order valence-corrected chi connectivity index (χ4v) is 4.99. The smallest absolute Gasteiger partial charge is 0.303 e. The van der Waals surface area contributed by atoms with Gasteiger partial charge in [-0.2, -0.15) is 0 Å². The largest absolute Gasteiger partial charge is 0.497 e. The number of carboxylic acid groups (broad SMARTS) is 1. The maximum Gasteiger partial charge on any atom is 0.303 e. The van der Waals surface area contributed by atoms with Crippen molar-refractivity contribution in [2.45, 2.75) is 65.6 Å². The topological polar surface area (TPSA) is 65.0 Å². The van der Waals surface area contributed by atoms with E-state index in [0.717, 1.165) is 17.5 Å². The molecule has 3 rings (SSSR count). The van der Waals surface area contributed by atoms with E-state index in [4.69, 9.17) is 14.2 Å². The van der Waals surface area contributed by atoms with Crippen LogP contribution in [0.4, 0.5) is 8.78 Å². The lowest BCUT2D eigenvalue weighted by molar-refractivity contribution is -0.137. The summed E-state index contributed by atoms with van der Waals surface area (Å²) in [6, 6.07) is 15.0. The lowest BCUT2D eigenvalue weighted by Crippen LogP contribution is -2.21. The molecule has 0 bridgehead atoms. The minimum atomic E-state index is -0.967. The molecule has 0 spiro atoms. The van der Waals surface area contributed by atoms with Crippen LogP contribution < -0.4 is 9.47 Å². The van der Waals surface area contributed by atoms with Gasteiger partial charge in [0, 0.05) is 12.7 Å². The number of halogens is 2. The number of hydrogen-bond acceptors (Lipinski definition) is 4. The van der Waals surface area contributed by atoms with Gasteiger partial charge in [-0.3, -0.25) is 4.79 Å². The van der Waals surface area contributed by atoms with Crippen molar-refractivity contribution >= 4 is 5.97 Å². The average molecular weight is 541 g/mol. The van der Waals surface area contributed by atoms with E-state index < -0.39 is 17.7 Å². The zero-order chi connectivity index (χ0) is 28.7. The Morgan fingerprint density at radius 3 is 2.33 bits per heavy atom. The van der Waals surface area contributed by atoms with Crippen LogP contribution >= 0.6 is 0 Å². The summed E-state index contributed by atoms with van der Waals surface area (Å²) in [5.74, 6) is -1.74. The predicted molar refractivity (Wildman–Crippen MR) is 148 cm³/mol. The van der Waals surface area contributed by atoms with E-state index in [-0.39, 0.29) is 36.1 Å². The predicted octanol–water partition coefficient (Wildman–Crippen LogP) is 8.31. The summed E-state index contributed by atoms with van der Waals surface area (Å²) in [6.45, 7) is 8.13. The average Bonchev–Trinajstić information content (AvgIpc) is 2.88. The lowest BCUT2D eigenvalue weighted by Gasteiger charge is -2.32. The number of benzene rings is 3. The quantitative estimate of drug-likeness (QED) is 0.250. The van der Waals surface area contributed by atoms with Crippen LogP contribution in [0.25, 0.3) is 11.1 Å². The zero-order valence-electron chi connectivity index (χ0n) is 23.5. The van der Waals surface area contributed by atoms with E-state index >= 15 is 4.39 Å². The first-order valence-electron chi connectivity index (χ1n) is 13.1. The summed E-state index contributed by atoms with van der Waals surface area (Å²) >= 11 is 0. The molecule has 0 aliphatic heterocycles. The van der Waals surface area contributed by atoms with Crippen molar-refractivity contribution < 1.29 is 32.9 Å². The van der Waals surface area contributed by atoms with Crippen molar-refractivity contribution in [3.8, 4) is 22.6 Å². The molecule has 0 aromatic heterocycles. The van der Waals surface area contributed by atoms with Gasteiger partial charge in [-0.25, -0.2) is 8.78 Å². The summed E-state index contributed by atoms with van der Waals surface area (Å²) in [4.78, 5) is 11.3. The van der Waals surface area contributed by atoms with Gasteiger partial charge in [0.25, 0.3) is 0 Å². The van der Waals surface area contributed by atoms with Crippen LogP contribution in [0.2, 0.25) is 0 Å². The van der Waals surface area contributed by atoms with Gasteiger partial charge in [0.1, 0.15) is 18.2 Å². The van der Waals surface area contributed by atoms with Crippen LogP contribution in [-0.4, -0.2) is 25.3 Å². The highest BCUT2D eigenvalue weighted by Crippen LogP contribution is 2.42. The minimum Gasteiger partial charge on any atom is -0.497 e. The number of rotatable bonds is 12. The molecule has 0 saturated heterocycles. The Morgan fingerprint density at radius 1 is 0.974 bits per heavy atom. The number of aliphatic carboxylic acids is 1. The minimum absolute atomic E-state index is 0.0579. The number of ether oxygens (including phenoxy) is 3. The first-order chi connectivity index (χ1) is 18.5. The highest BCUT2D eigenvalue weighted by Gasteiger charge is 2.29. The van der Waals surface area contributed by atoms with Crippen molar-refractivity contribution in [2.75, 3.05) is 14.2 Å². The molecule has 1 N–H and O–H groups in total. The van der Waals surface area contributed by atoms with E-state index in [1.165, 1.54) is 19.2 Å². The fourth-order valence-electron chi connectivity index (χ4n) is 4.99. The van der Waals surface area contributed by atoms with Crippen LogP contribution in [0, 0.1) is 17.0 Å². The molecule has 39 heavy (non-hydrogen) atoms. The molecular formula is C32H38F2O5. The maximum absolute atomic E-state index is 15.4. The van der Waals surface area contributed by atoms with Crippen LogP contribution in [0.5, 0.6) is 11.5 Å². The Labute approximate surface area is 229 Å². The Balaban J connectivity index is 1.99. The molecule has 2 atom stereocenters. The summed E-state index contributed by atoms with van der Waals surface area (Å²) in [5, 5.41) is 9.29. The SMILES string of the molecule is CCC[C@@H](CC(=O)O)c1cccc(OCc2ccc(-c3cc(OC)ccc3F)c([C@@H](OC)C(C)(C)C)c2)c1F. The normalized spacial score (nSPS) is 13.1. The maximum atomic E-state index is 15.4. The number of hydrogen-bond donors (Lipinski definition) is 1. The second-order valence-electron chi connectivity index (χ2n) is 10.8. The summed E-state index contributed by atoms with van der Waals surface area (Å²) < 4.78 is 47.5. The van der Waals surface area contributed by atoms with Crippen molar-refractivity contribution in [2.24, 2.45) is 5.41 Å². The molecule has 0 saturated carbocycles. The van der Waals surface area contributed by atoms with Crippen LogP contribution in [0.3, 0.4) is 0 Å². The molecule has 0 aliphatic rings. The lowest BCUT2D eigenvalue weighted by atomic mass is 9.81. The van der Waals surface area contributed by atoms with Gasteiger partial charge in [0.05, 0.1) is 19.6 Å². The summed E-state index contributed by atoms with van der Waals surface area (Å²) in [6.07, 6.45) is 0.776. The van der Waals surface area contributed by atoms with Gasteiger partial charge in [-0.1, -0.05) is 58.4 Å². The molecule has 5 nitrogen and oxygen atoms in total. The highest BCUT2D eigenvalue weighted by atomic mass is 19.1. The van der Waals surface area contributed by atoms with E-state index in [9.17, 15) is 14.3 Å². The molecule has 0 fully saturated rings. The van der Waals surface area contributed by atoms with Gasteiger partial charge < -0.3 is 19.3 Å². The van der Waals surface area contributed by atoms with E-state index in [2.05, 4.69) is 0 Å². The van der Waals surface area contributed by atoms with Gasteiger partial charge in [-0.15, -0.1) is 0 Å². The first-order valence-corrected chi connectivity index (χ1v) is 13.1. The van der Waals surface area contributed by atoms with Crippen LogP contribution in [0.15, 0.2) is 54.6 Å². The van der Waals surface area contributed by atoms with Crippen molar-refractivity contribution in [3.63, 3.8) is 0 Å². The highest BCUT2D eigenvalue weighted by molar-refractivity contribution is 5.71. The number of carboxylic acids is 1. The van der Waals surface area contributed by atoms with Gasteiger partial charge >= 0.3 is 5.97 Å². The van der Waals surface area contributed by atoms with Gasteiger partial charge in [-0.05, 0) is 70.3 Å². The molecule has 7 heteroatoms. The molecule has 210 valence electrons. The van der Waals surface area contributed by atoms with Crippen LogP contribution in [0.1, 0.15) is 75.7 Å². The van der Waals surface area contributed by atoms with E-state index in [1.807, 2.05) is 45.9 Å². The Bertz CT molecular complexity index is 1280. The molecular weight excluding hydrogens is 502 g/mol.